The van der Waals surface area contributed by atoms with Crippen LogP contribution in [-0.2, 0) is 14.8 Å². The summed E-state index contributed by atoms with van der Waals surface area (Å²) in [6.07, 6.45) is 1.57. The molecule has 1 aromatic rings. The summed E-state index contributed by atoms with van der Waals surface area (Å²) in [6.45, 7) is 5.36. The summed E-state index contributed by atoms with van der Waals surface area (Å²) in [4.78, 5) is 8.45. The van der Waals surface area contributed by atoms with Gasteiger partial charge >= 0.3 is 0 Å². The predicted molar refractivity (Wildman–Crippen MR) is 71.1 cm³/mol. The molecule has 5 nitrogen and oxygen atoms in total. The van der Waals surface area contributed by atoms with Gasteiger partial charge in [-0.2, -0.15) is 0 Å². The first kappa shape index (κ1) is 16.6. The number of carbonyl (C=O) groups is 1. The Morgan fingerprint density at radius 2 is 2.06 bits per heavy atom. The lowest BCUT2D eigenvalue weighted by Gasteiger charge is -2.07. The van der Waals surface area contributed by atoms with Crippen LogP contribution in [0.2, 0.25) is 5.02 Å². The summed E-state index contributed by atoms with van der Waals surface area (Å²) in [5, 5.41) is 7.10. The normalized spacial score (nSPS) is 10.1. The third-order valence-corrected chi connectivity index (χ3v) is 3.84. The average molecular weight is 292 g/mol. The van der Waals surface area contributed by atoms with Gasteiger partial charge in [0, 0.05) is 6.54 Å². The van der Waals surface area contributed by atoms with E-state index in [0.29, 0.717) is 6.54 Å². The zero-order valence-corrected chi connectivity index (χ0v) is 11.3. The molecule has 0 saturated carbocycles. The van der Waals surface area contributed by atoms with E-state index in [4.69, 9.17) is 21.5 Å². The van der Waals surface area contributed by atoms with Gasteiger partial charge in [-0.15, -0.1) is 0 Å². The summed E-state index contributed by atoms with van der Waals surface area (Å²) < 4.78 is 25.8. The highest BCUT2D eigenvalue weighted by atomic mass is 35.5. The van der Waals surface area contributed by atoms with E-state index in [2.05, 4.69) is 11.3 Å². The number of hydrogen-bond donors (Lipinski definition) is 2. The quantitative estimate of drug-likeness (QED) is 0.831. The molecule has 1 rings (SSSR count). The maximum absolute atomic E-state index is 11.7. The molecule has 0 amide bonds. The second-order valence-corrected chi connectivity index (χ2v) is 5.14. The molecule has 0 aliphatic heterocycles. The monoisotopic (exact) mass is 291 g/mol. The average Bonchev–Trinajstić information content (AvgIpc) is 2.30. The fourth-order valence-corrected chi connectivity index (χ4v) is 2.69. The van der Waals surface area contributed by atoms with Crippen molar-refractivity contribution in [2.75, 3.05) is 6.54 Å². The first-order chi connectivity index (χ1) is 8.42. The van der Waals surface area contributed by atoms with Crippen LogP contribution in [0.15, 0.2) is 29.7 Å². The maximum Gasteiger partial charge on any atom is 0.290 e. The van der Waals surface area contributed by atoms with Gasteiger partial charge < -0.3 is 5.11 Å². The van der Waals surface area contributed by atoms with Crippen molar-refractivity contribution in [1.29, 1.82) is 0 Å². The molecule has 0 atom stereocenters. The predicted octanol–water partition coefficient (Wildman–Crippen LogP) is 1.98. The Labute approximate surface area is 111 Å². The fraction of sp³-hybridized carbons (Fsp3) is 0.182. The summed E-state index contributed by atoms with van der Waals surface area (Å²) in [5.41, 5.74) is 0.718. The van der Waals surface area contributed by atoms with Gasteiger partial charge in [0.2, 0.25) is 10.0 Å². The molecule has 0 fully saturated rings. The van der Waals surface area contributed by atoms with Crippen LogP contribution < -0.4 is 4.72 Å². The summed E-state index contributed by atoms with van der Waals surface area (Å²) in [5.74, 6) is 0. The van der Waals surface area contributed by atoms with Crippen LogP contribution in [0.3, 0.4) is 0 Å². The molecule has 0 unspecified atom stereocenters. The van der Waals surface area contributed by atoms with Crippen molar-refractivity contribution in [2.24, 2.45) is 0 Å². The van der Waals surface area contributed by atoms with Crippen molar-refractivity contribution in [3.63, 3.8) is 0 Å². The number of benzene rings is 1. The summed E-state index contributed by atoms with van der Waals surface area (Å²) in [6, 6.07) is 4.75. The minimum atomic E-state index is -3.50. The van der Waals surface area contributed by atoms with Crippen LogP contribution in [0.4, 0.5) is 0 Å². The number of hydrogen-bond acceptors (Lipinski definition) is 3. The lowest BCUT2D eigenvalue weighted by atomic mass is 10.2. The van der Waals surface area contributed by atoms with E-state index in [1.165, 1.54) is 6.07 Å². The van der Waals surface area contributed by atoms with E-state index in [0.717, 1.165) is 5.56 Å². The van der Waals surface area contributed by atoms with Crippen molar-refractivity contribution in [2.45, 2.75) is 11.8 Å². The minimum absolute atomic E-state index is 0.0865. The van der Waals surface area contributed by atoms with E-state index < -0.39 is 10.0 Å². The third kappa shape index (κ3) is 4.87. The number of carboxylic acid groups (broad SMARTS) is 1. The maximum atomic E-state index is 11.7. The first-order valence-electron chi connectivity index (χ1n) is 4.92. The van der Waals surface area contributed by atoms with Crippen molar-refractivity contribution >= 4 is 34.2 Å². The molecule has 0 heterocycles. The summed E-state index contributed by atoms with van der Waals surface area (Å²) in [7, 11) is -3.50. The molecule has 7 heteroatoms. The second kappa shape index (κ2) is 7.86. The van der Waals surface area contributed by atoms with Crippen LogP contribution in [-0.4, -0.2) is 26.5 Å². The van der Waals surface area contributed by atoms with Crippen LogP contribution in [0.1, 0.15) is 12.5 Å². The minimum Gasteiger partial charge on any atom is -0.483 e. The van der Waals surface area contributed by atoms with Gasteiger partial charge in [-0.05, 0) is 17.7 Å². The first-order valence-corrected chi connectivity index (χ1v) is 6.78. The standard InChI is InChI=1S/C10H12ClNO2S.CH2O2/c1-3-8-5-6-9(11)10(7-8)15(13,14)12-4-2;2-1-3/h3,5-7,12H,1,4H2,2H3;1H,(H,2,3). The fourth-order valence-electron chi connectivity index (χ4n) is 1.12. The van der Waals surface area contributed by atoms with Crippen LogP contribution in [0.5, 0.6) is 0 Å². The van der Waals surface area contributed by atoms with Gasteiger partial charge in [0.05, 0.1) is 5.02 Å². The molecule has 1 aromatic carbocycles. The second-order valence-electron chi connectivity index (χ2n) is 3.00. The molecule has 0 bridgehead atoms. The molecule has 0 aliphatic carbocycles. The highest BCUT2D eigenvalue weighted by Gasteiger charge is 2.16. The number of sulfonamides is 1. The largest absolute Gasteiger partial charge is 0.483 e. The Hall–Kier alpha value is -1.37. The van der Waals surface area contributed by atoms with Crippen LogP contribution >= 0.6 is 11.6 Å². The van der Waals surface area contributed by atoms with E-state index >= 15 is 0 Å². The molecular formula is C11H14ClNO4S. The Kier molecular flexibility index (Phi) is 7.26. The van der Waals surface area contributed by atoms with E-state index in [1.807, 2.05) is 0 Å². The highest BCUT2D eigenvalue weighted by Crippen LogP contribution is 2.22. The number of rotatable bonds is 4. The van der Waals surface area contributed by atoms with Gasteiger partial charge in [0.1, 0.15) is 4.90 Å². The van der Waals surface area contributed by atoms with Gasteiger partial charge in [0.15, 0.2) is 0 Å². The molecule has 0 aliphatic rings. The lowest BCUT2D eigenvalue weighted by Crippen LogP contribution is -2.23. The van der Waals surface area contributed by atoms with Crippen molar-refractivity contribution in [3.8, 4) is 0 Å². The zero-order valence-electron chi connectivity index (χ0n) is 9.76. The molecule has 0 radical (unpaired) electrons. The molecule has 0 aromatic heterocycles. The third-order valence-electron chi connectivity index (χ3n) is 1.81. The molecule has 0 saturated heterocycles. The van der Waals surface area contributed by atoms with Gasteiger partial charge in [-0.1, -0.05) is 37.2 Å². The van der Waals surface area contributed by atoms with Crippen molar-refractivity contribution in [3.05, 3.63) is 35.4 Å². The zero-order chi connectivity index (χ0) is 14.2. The number of nitrogens with one attached hydrogen (secondary N) is 1. The van der Waals surface area contributed by atoms with E-state index in [9.17, 15) is 8.42 Å². The summed E-state index contributed by atoms with van der Waals surface area (Å²) >= 11 is 5.82. The SMILES string of the molecule is C=Cc1ccc(Cl)c(S(=O)(=O)NCC)c1.O=CO. The van der Waals surface area contributed by atoms with Gasteiger partial charge in [-0.25, -0.2) is 13.1 Å². The van der Waals surface area contributed by atoms with Gasteiger partial charge in [0.25, 0.3) is 6.47 Å². The van der Waals surface area contributed by atoms with E-state index in [1.54, 1.807) is 25.1 Å². The Bertz CT molecular complexity index is 514. The van der Waals surface area contributed by atoms with Crippen molar-refractivity contribution in [1.82, 2.24) is 4.72 Å². The smallest absolute Gasteiger partial charge is 0.290 e. The molecule has 18 heavy (non-hydrogen) atoms. The Morgan fingerprint density at radius 3 is 2.50 bits per heavy atom. The van der Waals surface area contributed by atoms with Crippen molar-refractivity contribution < 1.29 is 18.3 Å². The Balaban J connectivity index is 0.000000873. The van der Waals surface area contributed by atoms with Crippen LogP contribution in [0.25, 0.3) is 6.08 Å². The Morgan fingerprint density at radius 1 is 1.50 bits per heavy atom. The topological polar surface area (TPSA) is 83.5 Å². The highest BCUT2D eigenvalue weighted by molar-refractivity contribution is 7.89. The molecule has 100 valence electrons. The van der Waals surface area contributed by atoms with Gasteiger partial charge in [-0.3, -0.25) is 4.79 Å². The molecular weight excluding hydrogens is 278 g/mol. The van der Waals surface area contributed by atoms with Crippen LogP contribution in [0, 0.1) is 0 Å². The number of halogens is 1. The van der Waals surface area contributed by atoms with E-state index in [-0.39, 0.29) is 16.4 Å². The molecule has 0 spiro atoms. The molecule has 2 N–H and O–H groups in total. The lowest BCUT2D eigenvalue weighted by molar-refractivity contribution is -0.122.